The van der Waals surface area contributed by atoms with Gasteiger partial charge in [-0.1, -0.05) is 43.7 Å². The number of aryl methyl sites for hydroxylation is 1. The molecule has 0 unspecified atom stereocenters. The lowest BCUT2D eigenvalue weighted by atomic mass is 10.1. The Bertz CT molecular complexity index is 1010. The number of nitrogens with zero attached hydrogens (tertiary/aromatic N) is 3. The maximum absolute atomic E-state index is 5.82. The number of nitrogen functional groups attached to an aromatic ring is 1. The standard InChI is InChI=1S/C20H18N4S/c1-2-4-16-19-17(24-20(21)23-16)11-10-15(22-19)13-6-8-14(9-7-13)18-5-3-12-25-18/h3,5-12H,2,4H2,1H3,(H2,21,23,24). The molecule has 4 aromatic rings. The summed E-state index contributed by atoms with van der Waals surface area (Å²) in [6, 6.07) is 16.7. The van der Waals surface area contributed by atoms with E-state index in [0.29, 0.717) is 5.95 Å². The van der Waals surface area contributed by atoms with Crippen molar-refractivity contribution in [3.05, 3.63) is 59.6 Å². The van der Waals surface area contributed by atoms with Gasteiger partial charge in [-0.15, -0.1) is 11.3 Å². The predicted octanol–water partition coefficient (Wildman–Crippen LogP) is 4.96. The van der Waals surface area contributed by atoms with Gasteiger partial charge in [0.1, 0.15) is 5.52 Å². The van der Waals surface area contributed by atoms with Crippen LogP contribution in [-0.2, 0) is 6.42 Å². The molecule has 0 saturated carbocycles. The summed E-state index contributed by atoms with van der Waals surface area (Å²) in [5.41, 5.74) is 11.6. The van der Waals surface area contributed by atoms with Crippen molar-refractivity contribution in [2.75, 3.05) is 5.73 Å². The molecule has 124 valence electrons. The SMILES string of the molecule is CCCc1nc(N)nc2ccc(-c3ccc(-c4cccs4)cc3)nc12. The van der Waals surface area contributed by atoms with Crippen molar-refractivity contribution in [2.45, 2.75) is 19.8 Å². The summed E-state index contributed by atoms with van der Waals surface area (Å²) in [4.78, 5) is 14.8. The van der Waals surface area contributed by atoms with Crippen LogP contribution in [-0.4, -0.2) is 15.0 Å². The summed E-state index contributed by atoms with van der Waals surface area (Å²) in [5.74, 6) is 0.311. The largest absolute Gasteiger partial charge is 0.368 e. The van der Waals surface area contributed by atoms with Crippen molar-refractivity contribution in [3.63, 3.8) is 0 Å². The lowest BCUT2D eigenvalue weighted by Crippen LogP contribution is -2.02. The number of anilines is 1. The van der Waals surface area contributed by atoms with E-state index in [1.54, 1.807) is 11.3 Å². The van der Waals surface area contributed by atoms with Gasteiger partial charge in [0.2, 0.25) is 5.95 Å². The van der Waals surface area contributed by atoms with E-state index in [0.717, 1.165) is 40.8 Å². The number of benzene rings is 1. The zero-order valence-corrected chi connectivity index (χ0v) is 14.8. The first-order valence-electron chi connectivity index (χ1n) is 8.32. The van der Waals surface area contributed by atoms with E-state index >= 15 is 0 Å². The molecule has 0 atom stereocenters. The van der Waals surface area contributed by atoms with E-state index in [-0.39, 0.29) is 0 Å². The smallest absolute Gasteiger partial charge is 0.220 e. The fourth-order valence-corrected chi connectivity index (χ4v) is 3.65. The van der Waals surface area contributed by atoms with Crippen LogP contribution in [0.5, 0.6) is 0 Å². The highest BCUT2D eigenvalue weighted by Gasteiger charge is 2.09. The molecule has 1 aromatic carbocycles. The minimum atomic E-state index is 0.311. The van der Waals surface area contributed by atoms with Crippen molar-refractivity contribution in [2.24, 2.45) is 0 Å². The molecular formula is C20H18N4S. The van der Waals surface area contributed by atoms with Crippen LogP contribution < -0.4 is 5.73 Å². The predicted molar refractivity (Wildman–Crippen MR) is 104 cm³/mol. The van der Waals surface area contributed by atoms with Gasteiger partial charge in [0.25, 0.3) is 0 Å². The maximum Gasteiger partial charge on any atom is 0.220 e. The number of fused-ring (bicyclic) bond motifs is 1. The van der Waals surface area contributed by atoms with Gasteiger partial charge in [-0.3, -0.25) is 0 Å². The van der Waals surface area contributed by atoms with E-state index < -0.39 is 0 Å². The van der Waals surface area contributed by atoms with Crippen molar-refractivity contribution in [1.29, 1.82) is 0 Å². The molecule has 0 amide bonds. The first-order chi connectivity index (χ1) is 12.2. The van der Waals surface area contributed by atoms with Crippen molar-refractivity contribution in [3.8, 4) is 21.7 Å². The summed E-state index contributed by atoms with van der Waals surface area (Å²) in [7, 11) is 0. The summed E-state index contributed by atoms with van der Waals surface area (Å²) < 4.78 is 0. The van der Waals surface area contributed by atoms with Crippen LogP contribution in [0.25, 0.3) is 32.7 Å². The van der Waals surface area contributed by atoms with Crippen molar-refractivity contribution in [1.82, 2.24) is 15.0 Å². The monoisotopic (exact) mass is 346 g/mol. The van der Waals surface area contributed by atoms with Crippen LogP contribution >= 0.6 is 11.3 Å². The molecule has 0 spiro atoms. The third kappa shape index (κ3) is 3.10. The van der Waals surface area contributed by atoms with Crippen molar-refractivity contribution < 1.29 is 0 Å². The molecule has 3 heterocycles. The Morgan fingerprint density at radius 2 is 1.72 bits per heavy atom. The Hall–Kier alpha value is -2.79. The van der Waals surface area contributed by atoms with Crippen LogP contribution in [0, 0.1) is 0 Å². The van der Waals surface area contributed by atoms with Gasteiger partial charge in [0.15, 0.2) is 0 Å². The van der Waals surface area contributed by atoms with E-state index in [1.165, 1.54) is 10.4 Å². The third-order valence-corrected chi connectivity index (χ3v) is 5.02. The van der Waals surface area contributed by atoms with E-state index in [4.69, 9.17) is 10.7 Å². The zero-order chi connectivity index (χ0) is 17.2. The summed E-state index contributed by atoms with van der Waals surface area (Å²) in [5, 5.41) is 2.09. The van der Waals surface area contributed by atoms with Gasteiger partial charge < -0.3 is 5.73 Å². The highest BCUT2D eigenvalue weighted by molar-refractivity contribution is 7.13. The summed E-state index contributed by atoms with van der Waals surface area (Å²) >= 11 is 1.74. The van der Waals surface area contributed by atoms with E-state index in [9.17, 15) is 0 Å². The molecule has 4 rings (SSSR count). The van der Waals surface area contributed by atoms with E-state index in [2.05, 4.69) is 58.7 Å². The van der Waals surface area contributed by atoms with Crippen LogP contribution in [0.3, 0.4) is 0 Å². The average molecular weight is 346 g/mol. The molecule has 3 aromatic heterocycles. The molecule has 0 radical (unpaired) electrons. The van der Waals surface area contributed by atoms with Crippen LogP contribution in [0.2, 0.25) is 0 Å². The Morgan fingerprint density at radius 3 is 2.44 bits per heavy atom. The first-order valence-corrected chi connectivity index (χ1v) is 9.20. The van der Waals surface area contributed by atoms with Gasteiger partial charge in [0, 0.05) is 10.4 Å². The molecule has 0 aliphatic heterocycles. The van der Waals surface area contributed by atoms with E-state index in [1.807, 2.05) is 12.1 Å². The molecule has 25 heavy (non-hydrogen) atoms. The number of hydrogen-bond acceptors (Lipinski definition) is 5. The van der Waals surface area contributed by atoms with Crippen LogP contribution in [0.15, 0.2) is 53.9 Å². The van der Waals surface area contributed by atoms with Gasteiger partial charge >= 0.3 is 0 Å². The molecule has 0 saturated heterocycles. The summed E-state index contributed by atoms with van der Waals surface area (Å²) in [6.07, 6.45) is 1.84. The third-order valence-electron chi connectivity index (χ3n) is 4.10. The number of rotatable bonds is 4. The number of nitrogens with two attached hydrogens (primary N) is 1. The molecule has 0 aliphatic carbocycles. The highest BCUT2D eigenvalue weighted by atomic mass is 32.1. The highest BCUT2D eigenvalue weighted by Crippen LogP contribution is 2.28. The second-order valence-corrected chi connectivity index (χ2v) is 6.85. The number of thiophene rings is 1. The number of aromatic nitrogens is 3. The Labute approximate surface area is 150 Å². The minimum absolute atomic E-state index is 0.311. The normalized spacial score (nSPS) is 11.1. The molecular weight excluding hydrogens is 328 g/mol. The Morgan fingerprint density at radius 1 is 0.920 bits per heavy atom. The Kier molecular flexibility index (Phi) is 4.15. The maximum atomic E-state index is 5.82. The fraction of sp³-hybridized carbons (Fsp3) is 0.150. The topological polar surface area (TPSA) is 64.7 Å². The molecule has 5 heteroatoms. The van der Waals surface area contributed by atoms with Gasteiger partial charge in [-0.2, -0.15) is 0 Å². The second kappa shape index (κ2) is 6.61. The second-order valence-electron chi connectivity index (χ2n) is 5.90. The van der Waals surface area contributed by atoms with Gasteiger partial charge in [0.05, 0.1) is 16.9 Å². The number of pyridine rings is 1. The molecule has 0 aliphatic rings. The van der Waals surface area contributed by atoms with Crippen LogP contribution in [0.1, 0.15) is 19.0 Å². The van der Waals surface area contributed by atoms with Gasteiger partial charge in [-0.05, 0) is 35.6 Å². The Balaban J connectivity index is 1.76. The molecule has 4 nitrogen and oxygen atoms in total. The van der Waals surface area contributed by atoms with Crippen LogP contribution in [0.4, 0.5) is 5.95 Å². The fourth-order valence-electron chi connectivity index (χ4n) is 2.91. The van der Waals surface area contributed by atoms with Crippen molar-refractivity contribution >= 4 is 28.3 Å². The zero-order valence-electron chi connectivity index (χ0n) is 13.9. The minimum Gasteiger partial charge on any atom is -0.368 e. The first kappa shape index (κ1) is 15.7. The quantitative estimate of drug-likeness (QED) is 0.567. The number of hydrogen-bond donors (Lipinski definition) is 1. The molecule has 0 fully saturated rings. The van der Waals surface area contributed by atoms with Gasteiger partial charge in [-0.25, -0.2) is 15.0 Å². The molecule has 2 N–H and O–H groups in total. The lowest BCUT2D eigenvalue weighted by Gasteiger charge is -2.08. The molecule has 0 bridgehead atoms. The summed E-state index contributed by atoms with van der Waals surface area (Å²) in [6.45, 7) is 2.12. The average Bonchev–Trinajstić information content (AvgIpc) is 3.16. The lowest BCUT2D eigenvalue weighted by molar-refractivity contribution is 0.885.